The zero-order chi connectivity index (χ0) is 21.3. The van der Waals surface area contributed by atoms with Crippen LogP contribution < -0.4 is 5.43 Å². The van der Waals surface area contributed by atoms with Gasteiger partial charge in [-0.2, -0.15) is 5.10 Å². The monoisotopic (exact) mass is 416 g/mol. The molecule has 4 rings (SSSR count). The minimum atomic E-state index is -0.284. The summed E-state index contributed by atoms with van der Waals surface area (Å²) in [5.74, 6) is -0.284. The highest BCUT2D eigenvalue weighted by Gasteiger charge is 2.12. The van der Waals surface area contributed by atoms with Crippen molar-refractivity contribution in [2.45, 2.75) is 20.8 Å². The van der Waals surface area contributed by atoms with Crippen LogP contribution in [0.5, 0.6) is 0 Å². The number of hydrazone groups is 1. The fourth-order valence-electron chi connectivity index (χ4n) is 3.57. The lowest BCUT2D eigenvalue weighted by molar-refractivity contribution is 0.0954. The third kappa shape index (κ3) is 3.84. The quantitative estimate of drug-likeness (QED) is 0.359. The highest BCUT2D eigenvalue weighted by Crippen LogP contribution is 2.21. The molecule has 2 aromatic carbocycles. The van der Waals surface area contributed by atoms with Gasteiger partial charge in [-0.1, -0.05) is 29.8 Å². The fourth-order valence-corrected chi connectivity index (χ4v) is 3.69. The molecule has 1 amide bonds. The van der Waals surface area contributed by atoms with Crippen LogP contribution in [0.25, 0.3) is 16.6 Å². The van der Waals surface area contributed by atoms with Gasteiger partial charge in [0.1, 0.15) is 0 Å². The summed E-state index contributed by atoms with van der Waals surface area (Å²) in [6.07, 6.45) is 1.66. The number of carbonyl (C=O) groups excluding carboxylic acids is 1. The molecule has 4 aromatic rings. The van der Waals surface area contributed by atoms with E-state index in [1.54, 1.807) is 6.21 Å². The molecule has 0 fully saturated rings. The fraction of sp³-hybridized carbons (Fsp3) is 0.125. The van der Waals surface area contributed by atoms with E-state index in [0.717, 1.165) is 33.5 Å². The minimum Gasteiger partial charge on any atom is -0.318 e. The Kier molecular flexibility index (Phi) is 5.38. The first kappa shape index (κ1) is 19.9. The predicted octanol–water partition coefficient (Wildman–Crippen LogP) is 5.37. The summed E-state index contributed by atoms with van der Waals surface area (Å²) < 4.78 is 2.12. The third-order valence-corrected chi connectivity index (χ3v) is 5.34. The zero-order valence-electron chi connectivity index (χ0n) is 17.0. The van der Waals surface area contributed by atoms with Crippen molar-refractivity contribution in [3.05, 3.63) is 93.9 Å². The molecule has 0 unspecified atom stereocenters. The Morgan fingerprint density at radius 1 is 1.07 bits per heavy atom. The molecule has 150 valence electrons. The lowest BCUT2D eigenvalue weighted by Gasteiger charge is -2.09. The van der Waals surface area contributed by atoms with Gasteiger partial charge in [0.15, 0.2) is 0 Å². The van der Waals surface area contributed by atoms with E-state index in [0.29, 0.717) is 16.3 Å². The molecule has 0 aliphatic carbocycles. The number of hydrogen-bond acceptors (Lipinski definition) is 3. The number of benzene rings is 2. The van der Waals surface area contributed by atoms with Crippen LogP contribution >= 0.6 is 11.6 Å². The maximum absolute atomic E-state index is 12.6. The van der Waals surface area contributed by atoms with Crippen molar-refractivity contribution < 1.29 is 4.79 Å². The van der Waals surface area contributed by atoms with Gasteiger partial charge in [0.2, 0.25) is 0 Å². The highest BCUT2D eigenvalue weighted by atomic mass is 35.5. The van der Waals surface area contributed by atoms with Gasteiger partial charge in [0, 0.05) is 33.0 Å². The lowest BCUT2D eigenvalue weighted by atomic mass is 10.1. The minimum absolute atomic E-state index is 0.284. The number of aryl methyl sites for hydroxylation is 2. The lowest BCUT2D eigenvalue weighted by Crippen LogP contribution is -2.19. The maximum Gasteiger partial charge on any atom is 0.273 e. The predicted molar refractivity (Wildman–Crippen MR) is 122 cm³/mol. The number of nitrogens with zero attached hydrogens (tertiary/aromatic N) is 3. The Bertz CT molecular complexity index is 1270. The molecule has 0 saturated heterocycles. The third-order valence-electron chi connectivity index (χ3n) is 5.08. The molecule has 6 heteroatoms. The van der Waals surface area contributed by atoms with Crippen molar-refractivity contribution >= 4 is 34.6 Å². The molecule has 0 radical (unpaired) electrons. The number of amides is 1. The second kappa shape index (κ2) is 8.13. The van der Waals surface area contributed by atoms with Crippen LogP contribution in [-0.4, -0.2) is 21.7 Å². The molecule has 0 spiro atoms. The molecule has 30 heavy (non-hydrogen) atoms. The number of fused-ring (bicyclic) bond motifs is 1. The van der Waals surface area contributed by atoms with E-state index in [9.17, 15) is 4.79 Å². The number of carbonyl (C=O) groups is 1. The molecule has 2 aromatic heterocycles. The van der Waals surface area contributed by atoms with Crippen molar-refractivity contribution in [1.29, 1.82) is 0 Å². The van der Waals surface area contributed by atoms with Crippen LogP contribution in [0.1, 0.15) is 33.0 Å². The van der Waals surface area contributed by atoms with E-state index >= 15 is 0 Å². The Hall–Kier alpha value is -3.44. The van der Waals surface area contributed by atoms with E-state index in [1.165, 1.54) is 0 Å². The van der Waals surface area contributed by atoms with Crippen molar-refractivity contribution in [3.63, 3.8) is 0 Å². The number of aromatic nitrogens is 2. The number of halogens is 1. The summed E-state index contributed by atoms with van der Waals surface area (Å²) in [6, 6.07) is 19.3. The number of pyridine rings is 1. The number of nitrogens with one attached hydrogen (secondary N) is 1. The SMILES string of the molecule is Cc1nc2ccccc2cc1C(=O)N/N=C\c1cc(C)n(-c2ccc(Cl)cc2)c1C. The molecule has 0 saturated carbocycles. The van der Waals surface area contributed by atoms with E-state index < -0.39 is 0 Å². The van der Waals surface area contributed by atoms with Gasteiger partial charge >= 0.3 is 0 Å². The van der Waals surface area contributed by atoms with Crippen LogP contribution in [0.4, 0.5) is 0 Å². The second-order valence-electron chi connectivity index (χ2n) is 7.15. The molecule has 5 nitrogen and oxygen atoms in total. The molecule has 1 N–H and O–H groups in total. The van der Waals surface area contributed by atoms with E-state index in [1.807, 2.05) is 81.4 Å². The Morgan fingerprint density at radius 3 is 2.57 bits per heavy atom. The number of para-hydroxylation sites is 1. The summed E-state index contributed by atoms with van der Waals surface area (Å²) in [7, 11) is 0. The molecule has 0 bridgehead atoms. The standard InChI is InChI=1S/C24H21ClN4O/c1-15-12-19(17(3)29(15)21-10-8-20(25)9-11-21)14-26-28-24(30)22-13-18-6-4-5-7-23(18)27-16(22)2/h4-14H,1-3H3,(H,28,30)/b26-14-. The Labute approximate surface area is 180 Å². The summed E-state index contributed by atoms with van der Waals surface area (Å²) in [5.41, 5.74) is 8.71. The molecule has 0 aliphatic rings. The summed E-state index contributed by atoms with van der Waals surface area (Å²) >= 11 is 6.00. The van der Waals surface area contributed by atoms with Crippen molar-refractivity contribution in [2.75, 3.05) is 0 Å². The van der Waals surface area contributed by atoms with Crippen LogP contribution in [0.3, 0.4) is 0 Å². The Balaban J connectivity index is 1.55. The average molecular weight is 417 g/mol. The van der Waals surface area contributed by atoms with E-state index in [-0.39, 0.29) is 5.91 Å². The second-order valence-corrected chi connectivity index (χ2v) is 7.59. The average Bonchev–Trinajstić information content (AvgIpc) is 3.01. The van der Waals surface area contributed by atoms with E-state index in [4.69, 9.17) is 11.6 Å². The van der Waals surface area contributed by atoms with Crippen LogP contribution in [-0.2, 0) is 0 Å². The zero-order valence-corrected chi connectivity index (χ0v) is 17.7. The summed E-state index contributed by atoms with van der Waals surface area (Å²) in [5, 5.41) is 5.79. The van der Waals surface area contributed by atoms with Crippen molar-refractivity contribution in [2.24, 2.45) is 5.10 Å². The molecule has 2 heterocycles. The van der Waals surface area contributed by atoms with Gasteiger partial charge < -0.3 is 4.57 Å². The van der Waals surface area contributed by atoms with Gasteiger partial charge in [-0.25, -0.2) is 5.43 Å². The smallest absolute Gasteiger partial charge is 0.273 e. The molecular weight excluding hydrogens is 396 g/mol. The van der Waals surface area contributed by atoms with Gasteiger partial charge in [0.05, 0.1) is 23.0 Å². The van der Waals surface area contributed by atoms with Gasteiger partial charge in [0.25, 0.3) is 5.91 Å². The first-order chi connectivity index (χ1) is 14.4. The van der Waals surface area contributed by atoms with Gasteiger partial charge in [-0.05, 0) is 63.2 Å². The topological polar surface area (TPSA) is 59.3 Å². The normalized spacial score (nSPS) is 11.3. The maximum atomic E-state index is 12.6. The van der Waals surface area contributed by atoms with Crippen molar-refractivity contribution in [3.8, 4) is 5.69 Å². The summed E-state index contributed by atoms with van der Waals surface area (Å²) in [6.45, 7) is 5.87. The van der Waals surface area contributed by atoms with Crippen LogP contribution in [0.15, 0.2) is 65.8 Å². The molecular formula is C24H21ClN4O. The molecule has 0 aliphatic heterocycles. The van der Waals surface area contributed by atoms with Gasteiger partial charge in [-0.3, -0.25) is 9.78 Å². The first-order valence-corrected chi connectivity index (χ1v) is 9.96. The van der Waals surface area contributed by atoms with Gasteiger partial charge in [-0.15, -0.1) is 0 Å². The van der Waals surface area contributed by atoms with Crippen LogP contribution in [0.2, 0.25) is 5.02 Å². The number of hydrogen-bond donors (Lipinski definition) is 1. The molecule has 0 atom stereocenters. The first-order valence-electron chi connectivity index (χ1n) is 9.59. The highest BCUT2D eigenvalue weighted by molar-refractivity contribution is 6.30. The Morgan fingerprint density at radius 2 is 1.80 bits per heavy atom. The largest absolute Gasteiger partial charge is 0.318 e. The number of rotatable bonds is 4. The van der Waals surface area contributed by atoms with Crippen LogP contribution in [0, 0.1) is 20.8 Å². The summed E-state index contributed by atoms with van der Waals surface area (Å²) in [4.78, 5) is 17.1. The van der Waals surface area contributed by atoms with Crippen molar-refractivity contribution in [1.82, 2.24) is 15.0 Å². The van der Waals surface area contributed by atoms with E-state index in [2.05, 4.69) is 20.1 Å².